The Morgan fingerprint density at radius 3 is 2.76 bits per heavy atom. The summed E-state index contributed by atoms with van der Waals surface area (Å²) < 4.78 is 0. The molecular formula is C13H19ClN4O3. The van der Waals surface area contributed by atoms with Crippen LogP contribution >= 0.6 is 11.6 Å². The van der Waals surface area contributed by atoms with E-state index in [0.717, 1.165) is 0 Å². The fourth-order valence-corrected chi connectivity index (χ4v) is 1.62. The first-order valence-corrected chi connectivity index (χ1v) is 6.45. The van der Waals surface area contributed by atoms with E-state index in [1.807, 2.05) is 0 Å². The van der Waals surface area contributed by atoms with E-state index in [1.165, 1.54) is 12.3 Å². The molecule has 0 saturated heterocycles. The zero-order valence-corrected chi connectivity index (χ0v) is 12.2. The molecule has 0 bridgehead atoms. The predicted octanol–water partition coefficient (Wildman–Crippen LogP) is 1.43. The minimum absolute atomic E-state index is 0.0380. The van der Waals surface area contributed by atoms with E-state index in [4.69, 9.17) is 28.0 Å². The number of benzene rings is 1. The average molecular weight is 315 g/mol. The summed E-state index contributed by atoms with van der Waals surface area (Å²) in [6, 6.07) is 3.68. The lowest BCUT2D eigenvalue weighted by Crippen LogP contribution is -2.25. The van der Waals surface area contributed by atoms with Gasteiger partial charge in [-0.15, -0.1) is 0 Å². The fraction of sp³-hybridized carbons (Fsp3) is 0.308. The van der Waals surface area contributed by atoms with Crippen LogP contribution in [0.2, 0.25) is 5.02 Å². The number of nitrogens with one attached hydrogen (secondary N) is 2. The van der Waals surface area contributed by atoms with E-state index in [-0.39, 0.29) is 5.75 Å². The zero-order chi connectivity index (χ0) is 16.3. The molecule has 0 aromatic heterocycles. The molecule has 0 heterocycles. The first-order chi connectivity index (χ1) is 10.0. The van der Waals surface area contributed by atoms with Crippen LogP contribution in [0.15, 0.2) is 23.2 Å². The third-order valence-corrected chi connectivity index (χ3v) is 2.70. The summed E-state index contributed by atoms with van der Waals surface area (Å²) in [7, 11) is 0. The smallest absolute Gasteiger partial charge is 0.328 e. The number of nitrogens with zero attached hydrogens (tertiary/aromatic N) is 1. The summed E-state index contributed by atoms with van der Waals surface area (Å²) in [5, 5.41) is 24.5. The van der Waals surface area contributed by atoms with Crippen molar-refractivity contribution in [3.05, 3.63) is 28.8 Å². The molecule has 6 N–H and O–H groups in total. The van der Waals surface area contributed by atoms with Crippen LogP contribution in [0.1, 0.15) is 18.4 Å². The molecule has 0 amide bonds. The number of hydrogen-bond donors (Lipinski definition) is 5. The number of halogens is 1. The van der Waals surface area contributed by atoms with E-state index in [0.29, 0.717) is 30.0 Å². The summed E-state index contributed by atoms with van der Waals surface area (Å²) in [6.07, 6.45) is 2.29. The van der Waals surface area contributed by atoms with Gasteiger partial charge in [0.15, 0.2) is 0 Å². The average Bonchev–Trinajstić information content (AvgIpc) is 2.46. The summed E-state index contributed by atoms with van der Waals surface area (Å²) in [5.41, 5.74) is 2.88. The lowest BCUT2D eigenvalue weighted by molar-refractivity contribution is -0.138. The number of phenolic OH excluding ortho intramolecular Hbond substituents is 1. The summed E-state index contributed by atoms with van der Waals surface area (Å²) >= 11 is 5.70. The molecule has 1 atom stereocenters. The largest absolute Gasteiger partial charge is 0.507 e. The molecule has 0 radical (unpaired) electrons. The van der Waals surface area contributed by atoms with Crippen molar-refractivity contribution in [2.45, 2.75) is 18.9 Å². The first kappa shape index (κ1) is 19.0. The van der Waals surface area contributed by atoms with Crippen molar-refractivity contribution in [1.82, 2.24) is 5.43 Å². The standard InChI is InChI=1S/C12H16ClN3O3.CH3N/c13-9-4-3-8(11(17)6-9)7-15-10(12(18)19)2-1-5-16-14;1-2/h3-4,6-7,10,16-17H,1-2,5,14H2,(H,18,19);2H,1H2. The minimum Gasteiger partial charge on any atom is -0.507 e. The maximum atomic E-state index is 11.0. The second-order valence-electron chi connectivity index (χ2n) is 3.93. The van der Waals surface area contributed by atoms with Gasteiger partial charge in [-0.1, -0.05) is 11.6 Å². The Bertz CT molecular complexity index is 482. The van der Waals surface area contributed by atoms with Crippen LogP contribution in [0.4, 0.5) is 0 Å². The number of aliphatic carboxylic acids is 1. The quantitative estimate of drug-likeness (QED) is 0.225. The van der Waals surface area contributed by atoms with Crippen molar-refractivity contribution in [1.29, 1.82) is 5.41 Å². The monoisotopic (exact) mass is 314 g/mol. The lowest BCUT2D eigenvalue weighted by Gasteiger charge is -2.07. The molecule has 21 heavy (non-hydrogen) atoms. The third kappa shape index (κ3) is 7.40. The molecule has 0 aliphatic carbocycles. The molecule has 1 aromatic rings. The molecule has 116 valence electrons. The molecule has 0 saturated carbocycles. The van der Waals surface area contributed by atoms with Gasteiger partial charge in [0.2, 0.25) is 0 Å². The number of carbonyl (C=O) groups is 1. The lowest BCUT2D eigenvalue weighted by atomic mass is 10.1. The van der Waals surface area contributed by atoms with Gasteiger partial charge in [-0.05, 0) is 37.8 Å². The number of nitrogens with two attached hydrogens (primary N) is 1. The van der Waals surface area contributed by atoms with Gasteiger partial charge in [0.05, 0.1) is 0 Å². The number of carboxylic acid groups (broad SMARTS) is 1. The molecule has 0 aliphatic heterocycles. The SMILES string of the molecule is C=N.NNCCCC(N=Cc1ccc(Cl)cc1O)C(=O)O. The van der Waals surface area contributed by atoms with E-state index in [9.17, 15) is 9.90 Å². The molecule has 1 rings (SSSR count). The molecule has 7 nitrogen and oxygen atoms in total. The van der Waals surface area contributed by atoms with Gasteiger partial charge >= 0.3 is 5.97 Å². The number of hydrogen-bond acceptors (Lipinski definition) is 6. The summed E-state index contributed by atoms with van der Waals surface area (Å²) in [6.45, 7) is 3.02. The van der Waals surface area contributed by atoms with E-state index in [1.54, 1.807) is 12.1 Å². The van der Waals surface area contributed by atoms with Crippen LogP contribution in [-0.4, -0.2) is 41.7 Å². The highest BCUT2D eigenvalue weighted by Crippen LogP contribution is 2.20. The van der Waals surface area contributed by atoms with Gasteiger partial charge < -0.3 is 15.6 Å². The highest BCUT2D eigenvalue weighted by Gasteiger charge is 2.14. The Kier molecular flexibility index (Phi) is 9.78. The highest BCUT2D eigenvalue weighted by atomic mass is 35.5. The number of aliphatic imine (C=N–C) groups is 1. The van der Waals surface area contributed by atoms with Crippen LogP contribution in [-0.2, 0) is 4.79 Å². The molecule has 1 aromatic carbocycles. The van der Waals surface area contributed by atoms with E-state index in [2.05, 4.69) is 17.1 Å². The fourth-order valence-electron chi connectivity index (χ4n) is 1.46. The first-order valence-electron chi connectivity index (χ1n) is 6.08. The normalized spacial score (nSPS) is 11.7. The topological polar surface area (TPSA) is 132 Å². The summed E-state index contributed by atoms with van der Waals surface area (Å²) in [5.74, 6) is 4.06. The Labute approximate surface area is 127 Å². The van der Waals surface area contributed by atoms with E-state index >= 15 is 0 Å². The van der Waals surface area contributed by atoms with Crippen LogP contribution in [0, 0.1) is 5.41 Å². The van der Waals surface area contributed by atoms with Crippen LogP contribution < -0.4 is 11.3 Å². The summed E-state index contributed by atoms with van der Waals surface area (Å²) in [4.78, 5) is 15.0. The number of carboxylic acids is 1. The van der Waals surface area contributed by atoms with Gasteiger partial charge in [-0.25, -0.2) is 4.79 Å². The number of aromatic hydroxyl groups is 1. The zero-order valence-electron chi connectivity index (χ0n) is 11.4. The number of phenols is 1. The predicted molar refractivity (Wildman–Crippen MR) is 83.4 cm³/mol. The van der Waals surface area contributed by atoms with Crippen LogP contribution in [0.5, 0.6) is 5.75 Å². The van der Waals surface area contributed by atoms with Gasteiger partial charge in [0.1, 0.15) is 11.8 Å². The second kappa shape index (κ2) is 10.8. The van der Waals surface area contributed by atoms with Crippen molar-refractivity contribution >= 4 is 30.5 Å². The van der Waals surface area contributed by atoms with Crippen molar-refractivity contribution in [3.8, 4) is 5.75 Å². The van der Waals surface area contributed by atoms with Crippen molar-refractivity contribution in [2.24, 2.45) is 10.8 Å². The van der Waals surface area contributed by atoms with Gasteiger partial charge in [0.25, 0.3) is 0 Å². The van der Waals surface area contributed by atoms with Gasteiger partial charge in [0, 0.05) is 23.3 Å². The van der Waals surface area contributed by atoms with Gasteiger partial charge in [-0.3, -0.25) is 16.3 Å². The minimum atomic E-state index is -1.01. The molecule has 1 unspecified atom stereocenters. The van der Waals surface area contributed by atoms with Crippen molar-refractivity contribution in [2.75, 3.05) is 6.54 Å². The molecule has 8 heteroatoms. The number of rotatable bonds is 7. The number of hydrazine groups is 1. The second-order valence-corrected chi connectivity index (χ2v) is 4.37. The highest BCUT2D eigenvalue weighted by molar-refractivity contribution is 6.30. The Balaban J connectivity index is 0.00000191. The van der Waals surface area contributed by atoms with E-state index < -0.39 is 12.0 Å². The Morgan fingerprint density at radius 2 is 2.24 bits per heavy atom. The molecular weight excluding hydrogens is 296 g/mol. The molecule has 0 aliphatic rings. The molecule has 0 fully saturated rings. The maximum absolute atomic E-state index is 11.0. The van der Waals surface area contributed by atoms with Crippen LogP contribution in [0.25, 0.3) is 0 Å². The maximum Gasteiger partial charge on any atom is 0.328 e. The van der Waals surface area contributed by atoms with Crippen molar-refractivity contribution in [3.63, 3.8) is 0 Å². The Morgan fingerprint density at radius 1 is 1.57 bits per heavy atom. The third-order valence-electron chi connectivity index (χ3n) is 2.47. The van der Waals surface area contributed by atoms with Crippen LogP contribution in [0.3, 0.4) is 0 Å². The van der Waals surface area contributed by atoms with Crippen molar-refractivity contribution < 1.29 is 15.0 Å². The molecule has 0 spiro atoms. The Hall–Kier alpha value is -1.96. The van der Waals surface area contributed by atoms with Gasteiger partial charge in [-0.2, -0.15) is 0 Å².